The molecule has 0 bridgehead atoms. The molecule has 2 heterocycles. The van der Waals surface area contributed by atoms with Crippen LogP contribution in [0.1, 0.15) is 62.0 Å². The molecule has 2 N–H and O–H groups in total. The standard InChI is InChI=1S/C44H51N3O12/c1-4-20-57-44-40(46(43(50)53-2)26-28-14-16-38-39(21-28)56-27-55-38)25-36(45-54-3)34-22-29(10-5-7-18-48)33(13-6-8-19-49)41(42(34)44)35-24-32(15-17-37(35)59-44)58-31-12-9-11-30(23-31)47(51)52/h4,9,11-12,14-17,21-24,29,33,40-42,48-49H,1,5-8,10,13,18-20,25-27H2,2-3H3/t29-,33+,40-,41+,42+,44+/m0/s1. The van der Waals surface area contributed by atoms with Crippen LogP contribution in [0.15, 0.2) is 90.1 Å². The van der Waals surface area contributed by atoms with Gasteiger partial charge in [-0.05, 0) is 85.1 Å². The van der Waals surface area contributed by atoms with Gasteiger partial charge in [-0.1, -0.05) is 42.3 Å². The smallest absolute Gasteiger partial charge is 0.410 e. The molecule has 314 valence electrons. The molecule has 3 aromatic rings. The molecule has 15 nitrogen and oxygen atoms in total. The highest BCUT2D eigenvalue weighted by Crippen LogP contribution is 2.62. The molecule has 3 aromatic carbocycles. The average Bonchev–Trinajstić information content (AvgIpc) is 3.72. The molecule has 7 rings (SSSR count). The Labute approximate surface area is 342 Å². The number of rotatable bonds is 18. The number of aliphatic hydroxyl groups excluding tert-OH is 2. The molecule has 0 spiro atoms. The summed E-state index contributed by atoms with van der Waals surface area (Å²) in [5, 5.41) is 35.9. The van der Waals surface area contributed by atoms with E-state index in [2.05, 4.69) is 17.8 Å². The third-order valence-electron chi connectivity index (χ3n) is 11.7. The predicted octanol–water partition coefficient (Wildman–Crippen LogP) is 7.65. The maximum Gasteiger partial charge on any atom is 0.410 e. The molecule has 0 radical (unpaired) electrons. The van der Waals surface area contributed by atoms with Crippen molar-refractivity contribution < 1.29 is 53.2 Å². The third-order valence-corrected chi connectivity index (χ3v) is 11.7. The molecule has 4 aliphatic rings. The fraction of sp³-hybridized carbons (Fsp3) is 0.455. The molecule has 0 unspecified atom stereocenters. The van der Waals surface area contributed by atoms with E-state index >= 15 is 0 Å². The van der Waals surface area contributed by atoms with Crippen LogP contribution in [0.3, 0.4) is 0 Å². The van der Waals surface area contributed by atoms with Crippen molar-refractivity contribution in [2.45, 2.75) is 69.2 Å². The zero-order chi connectivity index (χ0) is 41.5. The van der Waals surface area contributed by atoms with Crippen LogP contribution >= 0.6 is 0 Å². The fourth-order valence-corrected chi connectivity index (χ4v) is 9.27. The number of unbranched alkanes of at least 4 members (excludes halogenated alkanes) is 2. The Bertz CT molecular complexity index is 2070. The summed E-state index contributed by atoms with van der Waals surface area (Å²) in [4.78, 5) is 32.4. The summed E-state index contributed by atoms with van der Waals surface area (Å²) in [5.74, 6) is 0.0509. The van der Waals surface area contributed by atoms with Gasteiger partial charge in [0.2, 0.25) is 12.6 Å². The first-order valence-corrected chi connectivity index (χ1v) is 20.0. The van der Waals surface area contributed by atoms with E-state index in [-0.39, 0.29) is 63.0 Å². The van der Waals surface area contributed by atoms with E-state index in [1.807, 2.05) is 30.3 Å². The van der Waals surface area contributed by atoms with Gasteiger partial charge in [0.1, 0.15) is 30.4 Å². The topological polar surface area (TPSA) is 181 Å². The number of carbonyl (C=O) groups is 1. The highest BCUT2D eigenvalue weighted by molar-refractivity contribution is 6.03. The number of methoxy groups -OCH3 is 1. The van der Waals surface area contributed by atoms with E-state index in [0.29, 0.717) is 47.3 Å². The number of nitro groups is 1. The average molecular weight is 814 g/mol. The quantitative estimate of drug-likeness (QED) is 0.0555. The molecule has 59 heavy (non-hydrogen) atoms. The van der Waals surface area contributed by atoms with Gasteiger partial charge < -0.3 is 43.5 Å². The summed E-state index contributed by atoms with van der Waals surface area (Å²) in [6, 6.07) is 16.2. The first-order chi connectivity index (χ1) is 28.7. The van der Waals surface area contributed by atoms with Crippen LogP contribution in [0, 0.1) is 27.9 Å². The summed E-state index contributed by atoms with van der Waals surface area (Å²) in [5.41, 5.74) is 2.99. The number of hydrogen-bond acceptors (Lipinski definition) is 13. The van der Waals surface area contributed by atoms with E-state index in [4.69, 9.17) is 33.3 Å². The van der Waals surface area contributed by atoms with Crippen molar-refractivity contribution in [2.75, 3.05) is 40.8 Å². The van der Waals surface area contributed by atoms with Gasteiger partial charge in [-0.15, -0.1) is 6.58 Å². The number of amides is 1. The number of ether oxygens (including phenoxy) is 6. The minimum atomic E-state index is -1.51. The van der Waals surface area contributed by atoms with Crippen molar-refractivity contribution in [1.82, 2.24) is 4.90 Å². The van der Waals surface area contributed by atoms with Gasteiger partial charge in [0.05, 0.1) is 36.3 Å². The van der Waals surface area contributed by atoms with Gasteiger partial charge in [0, 0.05) is 43.7 Å². The number of nitro benzene ring substituents is 1. The molecule has 2 aliphatic heterocycles. The van der Waals surface area contributed by atoms with Crippen molar-refractivity contribution in [3.05, 3.63) is 106 Å². The molecule has 2 aliphatic carbocycles. The highest BCUT2D eigenvalue weighted by Gasteiger charge is 2.65. The molecular formula is C44H51N3O12. The number of carbonyl (C=O) groups excluding carboxylic acids is 1. The number of allylic oxidation sites excluding steroid dienone is 1. The number of nitrogens with zero attached hydrogens (tertiary/aromatic N) is 3. The summed E-state index contributed by atoms with van der Waals surface area (Å²) < 4.78 is 37.2. The number of benzene rings is 3. The van der Waals surface area contributed by atoms with Crippen molar-refractivity contribution in [2.24, 2.45) is 22.9 Å². The summed E-state index contributed by atoms with van der Waals surface area (Å²) in [6.07, 6.45) is 7.75. The minimum absolute atomic E-state index is 0.0184. The number of fused-ring (bicyclic) bond motifs is 3. The van der Waals surface area contributed by atoms with Crippen LogP contribution < -0.4 is 18.9 Å². The van der Waals surface area contributed by atoms with Gasteiger partial charge in [0.25, 0.3) is 5.69 Å². The SMILES string of the molecule is C=CCO[C@@]12Oc3ccc(Oc4cccc([N+](=O)[O-])c4)cc3[C@H]3[C@H](CCCCO)[C@@H](CCCCO)C=C(C(=NOC)C[C@@H]1N(Cc1ccc4c(c1)OCO4)C(=O)OC)[C@H]32. The molecular weight excluding hydrogens is 762 g/mol. The van der Waals surface area contributed by atoms with Crippen molar-refractivity contribution >= 4 is 17.5 Å². The summed E-state index contributed by atoms with van der Waals surface area (Å²) in [6.45, 7) is 4.38. The Morgan fingerprint density at radius 1 is 1.00 bits per heavy atom. The lowest BCUT2D eigenvalue weighted by Gasteiger charge is -2.59. The van der Waals surface area contributed by atoms with Crippen molar-refractivity contribution in [3.63, 3.8) is 0 Å². The Morgan fingerprint density at radius 3 is 2.51 bits per heavy atom. The van der Waals surface area contributed by atoms with Gasteiger partial charge in [-0.3, -0.25) is 15.0 Å². The van der Waals surface area contributed by atoms with E-state index < -0.39 is 28.8 Å². The maximum absolute atomic E-state index is 14.1. The molecule has 0 saturated heterocycles. The Morgan fingerprint density at radius 2 is 1.76 bits per heavy atom. The van der Waals surface area contributed by atoms with E-state index in [1.54, 1.807) is 29.2 Å². The number of non-ortho nitro benzene ring substituents is 1. The van der Waals surface area contributed by atoms with Crippen LogP contribution in [0.2, 0.25) is 0 Å². The second-order valence-corrected chi connectivity index (χ2v) is 15.1. The lowest BCUT2D eigenvalue weighted by molar-refractivity contribution is -0.384. The van der Waals surface area contributed by atoms with Gasteiger partial charge in [-0.2, -0.15) is 0 Å². The summed E-state index contributed by atoms with van der Waals surface area (Å²) >= 11 is 0. The van der Waals surface area contributed by atoms with E-state index in [9.17, 15) is 25.1 Å². The van der Waals surface area contributed by atoms with Crippen molar-refractivity contribution in [1.29, 1.82) is 0 Å². The molecule has 6 atom stereocenters. The van der Waals surface area contributed by atoms with Crippen LogP contribution in [0.4, 0.5) is 10.5 Å². The highest BCUT2D eigenvalue weighted by atomic mass is 16.7. The monoisotopic (exact) mass is 813 g/mol. The third kappa shape index (κ3) is 8.45. The first kappa shape index (κ1) is 41.5. The lowest BCUT2D eigenvalue weighted by atomic mass is 9.55. The zero-order valence-corrected chi connectivity index (χ0v) is 33.3. The summed E-state index contributed by atoms with van der Waals surface area (Å²) in [7, 11) is 2.83. The second kappa shape index (κ2) is 18.5. The Balaban J connectivity index is 1.42. The number of aliphatic hydroxyl groups is 2. The van der Waals surface area contributed by atoms with E-state index in [0.717, 1.165) is 42.4 Å². The largest absolute Gasteiger partial charge is 0.459 e. The van der Waals surface area contributed by atoms with Crippen LogP contribution in [-0.2, 0) is 20.9 Å². The molecule has 15 heteroatoms. The lowest BCUT2D eigenvalue weighted by Crippen LogP contribution is -2.70. The van der Waals surface area contributed by atoms with Gasteiger partial charge in [-0.25, -0.2) is 4.79 Å². The van der Waals surface area contributed by atoms with Crippen LogP contribution in [0.5, 0.6) is 28.7 Å². The molecule has 0 aromatic heterocycles. The van der Waals surface area contributed by atoms with Crippen LogP contribution in [0.25, 0.3) is 0 Å². The maximum atomic E-state index is 14.1. The molecule has 1 amide bonds. The Kier molecular flexibility index (Phi) is 13.0. The second-order valence-electron chi connectivity index (χ2n) is 15.1. The van der Waals surface area contributed by atoms with E-state index in [1.165, 1.54) is 26.4 Å². The minimum Gasteiger partial charge on any atom is -0.459 e. The normalized spacial score (nSPS) is 24.2. The fourth-order valence-electron chi connectivity index (χ4n) is 9.27. The first-order valence-electron chi connectivity index (χ1n) is 20.0. The molecule has 1 saturated carbocycles. The number of hydrogen-bond donors (Lipinski definition) is 2. The molecule has 1 fully saturated rings. The van der Waals surface area contributed by atoms with Gasteiger partial charge >= 0.3 is 6.09 Å². The van der Waals surface area contributed by atoms with Crippen LogP contribution in [-0.4, -0.2) is 84.5 Å². The Hall–Kier alpha value is -5.64. The number of oxime groups is 1. The predicted molar refractivity (Wildman–Crippen MR) is 216 cm³/mol. The van der Waals surface area contributed by atoms with Crippen molar-refractivity contribution in [3.8, 4) is 28.7 Å². The van der Waals surface area contributed by atoms with Gasteiger partial charge in [0.15, 0.2) is 11.5 Å². The zero-order valence-electron chi connectivity index (χ0n) is 33.3.